The van der Waals surface area contributed by atoms with Crippen molar-refractivity contribution in [2.24, 2.45) is 11.7 Å². The third-order valence-corrected chi connectivity index (χ3v) is 3.42. The highest BCUT2D eigenvalue weighted by atomic mass is 16.5. The predicted octanol–water partition coefficient (Wildman–Crippen LogP) is 0.150. The van der Waals surface area contributed by atoms with Gasteiger partial charge in [0.2, 0.25) is 0 Å². The lowest BCUT2D eigenvalue weighted by atomic mass is 10.1. The average Bonchev–Trinajstić information content (AvgIpc) is 3.22. The van der Waals surface area contributed by atoms with Gasteiger partial charge in [0.1, 0.15) is 0 Å². The van der Waals surface area contributed by atoms with Crippen LogP contribution in [0.15, 0.2) is 0 Å². The van der Waals surface area contributed by atoms with Gasteiger partial charge in [-0.15, -0.1) is 0 Å². The van der Waals surface area contributed by atoms with Crippen LogP contribution in [0.4, 0.5) is 0 Å². The summed E-state index contributed by atoms with van der Waals surface area (Å²) in [7, 11) is 1.58. The molecule has 1 saturated carbocycles. The molecule has 2 atom stereocenters. The molecule has 2 N–H and O–H groups in total. The quantitative estimate of drug-likeness (QED) is 0.502. The number of nitrogens with two attached hydrogens (primary N) is 1. The highest BCUT2D eigenvalue weighted by Gasteiger charge is 2.37. The number of methoxy groups -OCH3 is 1. The zero-order valence-electron chi connectivity index (χ0n) is 11.9. The smallest absolute Gasteiger partial charge is 0.332 e. The Bertz CT molecular complexity index is 318. The van der Waals surface area contributed by atoms with Crippen molar-refractivity contribution in [2.45, 2.75) is 38.8 Å². The molecule has 19 heavy (non-hydrogen) atoms. The molecule has 0 radical (unpaired) electrons. The van der Waals surface area contributed by atoms with Crippen LogP contribution in [0.2, 0.25) is 0 Å². The van der Waals surface area contributed by atoms with Gasteiger partial charge in [-0.25, -0.2) is 4.79 Å². The van der Waals surface area contributed by atoms with Crippen molar-refractivity contribution in [1.29, 1.82) is 0 Å². The summed E-state index contributed by atoms with van der Waals surface area (Å²) < 4.78 is 9.80. The van der Waals surface area contributed by atoms with Gasteiger partial charge in [0, 0.05) is 19.7 Å². The number of nitrogens with zero attached hydrogens (tertiary/aromatic N) is 1. The molecule has 1 amide bonds. The average molecular weight is 272 g/mol. The Morgan fingerprint density at radius 2 is 2.05 bits per heavy atom. The summed E-state index contributed by atoms with van der Waals surface area (Å²) in [6.45, 7) is 4.77. The fourth-order valence-corrected chi connectivity index (χ4v) is 2.05. The number of amides is 1. The monoisotopic (exact) mass is 272 g/mol. The topological polar surface area (TPSA) is 81.9 Å². The highest BCUT2D eigenvalue weighted by molar-refractivity contribution is 6.01. The summed E-state index contributed by atoms with van der Waals surface area (Å²) in [6, 6.07) is -1.15. The van der Waals surface area contributed by atoms with E-state index in [-0.39, 0.29) is 18.6 Å². The molecule has 6 nitrogen and oxygen atoms in total. The first-order valence-electron chi connectivity index (χ1n) is 6.74. The predicted molar refractivity (Wildman–Crippen MR) is 70.4 cm³/mol. The fourth-order valence-electron chi connectivity index (χ4n) is 2.05. The maximum Gasteiger partial charge on any atom is 0.332 e. The van der Waals surface area contributed by atoms with Gasteiger partial charge >= 0.3 is 5.97 Å². The van der Waals surface area contributed by atoms with E-state index in [1.165, 1.54) is 0 Å². The van der Waals surface area contributed by atoms with Crippen LogP contribution in [0.1, 0.15) is 26.7 Å². The maximum atomic E-state index is 12.3. The SMILES string of the molecule is CCOC(=O)C(N)C(=O)N(CCOC)C(C)C1CC1. The normalized spacial score (nSPS) is 17.7. The number of carbonyl (C=O) groups excluding carboxylic acids is 2. The van der Waals surface area contributed by atoms with E-state index in [9.17, 15) is 9.59 Å². The molecule has 2 unspecified atom stereocenters. The van der Waals surface area contributed by atoms with Gasteiger partial charge < -0.3 is 20.1 Å². The second kappa shape index (κ2) is 7.45. The summed E-state index contributed by atoms with van der Waals surface area (Å²) in [4.78, 5) is 25.5. The van der Waals surface area contributed by atoms with Crippen molar-refractivity contribution in [3.63, 3.8) is 0 Å². The first-order valence-corrected chi connectivity index (χ1v) is 6.74. The molecule has 110 valence electrons. The molecule has 0 spiro atoms. The molecule has 0 heterocycles. The number of hydrogen-bond acceptors (Lipinski definition) is 5. The lowest BCUT2D eigenvalue weighted by Crippen LogP contribution is -2.53. The molecule has 0 aromatic heterocycles. The standard InChI is InChI=1S/C13H24N2O4/c1-4-19-13(17)11(14)12(16)15(7-8-18-3)9(2)10-5-6-10/h9-11H,4-8,14H2,1-3H3. The third-order valence-electron chi connectivity index (χ3n) is 3.42. The zero-order chi connectivity index (χ0) is 14.4. The first kappa shape index (κ1) is 15.9. The van der Waals surface area contributed by atoms with Crippen molar-refractivity contribution in [3.05, 3.63) is 0 Å². The Morgan fingerprint density at radius 3 is 2.53 bits per heavy atom. The first-order chi connectivity index (χ1) is 9.02. The van der Waals surface area contributed by atoms with Crippen LogP contribution >= 0.6 is 0 Å². The highest BCUT2D eigenvalue weighted by Crippen LogP contribution is 2.35. The molecule has 0 aliphatic heterocycles. The number of hydrogen-bond donors (Lipinski definition) is 1. The van der Waals surface area contributed by atoms with Crippen molar-refractivity contribution < 1.29 is 19.1 Å². The molecule has 0 aromatic rings. The van der Waals surface area contributed by atoms with Crippen LogP contribution in [-0.4, -0.2) is 55.7 Å². The van der Waals surface area contributed by atoms with E-state index in [0.29, 0.717) is 19.1 Å². The Morgan fingerprint density at radius 1 is 1.42 bits per heavy atom. The van der Waals surface area contributed by atoms with Crippen molar-refractivity contribution in [2.75, 3.05) is 26.9 Å². The lowest BCUT2D eigenvalue weighted by Gasteiger charge is -2.30. The number of rotatable bonds is 8. The second-order valence-electron chi connectivity index (χ2n) is 4.83. The van der Waals surface area contributed by atoms with Crippen LogP contribution in [0.3, 0.4) is 0 Å². The number of ether oxygens (including phenoxy) is 2. The molecule has 1 aliphatic carbocycles. The second-order valence-corrected chi connectivity index (χ2v) is 4.83. The summed E-state index contributed by atoms with van der Waals surface area (Å²) in [6.07, 6.45) is 2.24. The van der Waals surface area contributed by atoms with E-state index in [4.69, 9.17) is 15.2 Å². The van der Waals surface area contributed by atoms with Crippen LogP contribution in [0, 0.1) is 5.92 Å². The Kier molecular flexibility index (Phi) is 6.24. The number of esters is 1. The molecule has 0 aromatic carbocycles. The van der Waals surface area contributed by atoms with Crippen LogP contribution in [-0.2, 0) is 19.1 Å². The lowest BCUT2D eigenvalue weighted by molar-refractivity contribution is -0.152. The van der Waals surface area contributed by atoms with Crippen LogP contribution in [0.25, 0.3) is 0 Å². The van der Waals surface area contributed by atoms with E-state index >= 15 is 0 Å². The Labute approximate surface area is 114 Å². The van der Waals surface area contributed by atoms with E-state index < -0.39 is 12.0 Å². The largest absolute Gasteiger partial charge is 0.464 e. The minimum absolute atomic E-state index is 0.0862. The fraction of sp³-hybridized carbons (Fsp3) is 0.846. The number of carbonyl (C=O) groups is 2. The molecule has 1 aliphatic rings. The van der Waals surface area contributed by atoms with E-state index in [0.717, 1.165) is 12.8 Å². The summed E-state index contributed by atoms with van der Waals surface area (Å²) >= 11 is 0. The third kappa shape index (κ3) is 4.47. The van der Waals surface area contributed by atoms with E-state index in [1.54, 1.807) is 18.9 Å². The molecule has 0 saturated heterocycles. The minimum atomic E-state index is -1.24. The summed E-state index contributed by atoms with van der Waals surface area (Å²) in [5.74, 6) is -0.539. The van der Waals surface area contributed by atoms with Crippen molar-refractivity contribution in [3.8, 4) is 0 Å². The van der Waals surface area contributed by atoms with E-state index in [1.807, 2.05) is 6.92 Å². The maximum absolute atomic E-state index is 12.3. The summed E-state index contributed by atoms with van der Waals surface area (Å²) in [5, 5.41) is 0. The molecule has 0 bridgehead atoms. The van der Waals surface area contributed by atoms with Gasteiger partial charge in [-0.1, -0.05) is 0 Å². The zero-order valence-corrected chi connectivity index (χ0v) is 11.9. The molecule has 1 rings (SSSR count). The van der Waals surface area contributed by atoms with Gasteiger partial charge in [0.15, 0.2) is 6.04 Å². The summed E-state index contributed by atoms with van der Waals surface area (Å²) in [5.41, 5.74) is 5.67. The molecule has 1 fully saturated rings. The van der Waals surface area contributed by atoms with E-state index in [2.05, 4.69) is 0 Å². The molecule has 6 heteroatoms. The molecular weight excluding hydrogens is 248 g/mol. The van der Waals surface area contributed by atoms with Crippen molar-refractivity contribution in [1.82, 2.24) is 4.90 Å². The Balaban J connectivity index is 2.66. The van der Waals surface area contributed by atoms with Crippen LogP contribution in [0.5, 0.6) is 0 Å². The minimum Gasteiger partial charge on any atom is -0.464 e. The van der Waals surface area contributed by atoms with Gasteiger partial charge in [0.05, 0.1) is 13.2 Å². The van der Waals surface area contributed by atoms with Gasteiger partial charge in [-0.2, -0.15) is 0 Å². The van der Waals surface area contributed by atoms with Crippen molar-refractivity contribution >= 4 is 11.9 Å². The van der Waals surface area contributed by atoms with Gasteiger partial charge in [0.25, 0.3) is 5.91 Å². The van der Waals surface area contributed by atoms with Gasteiger partial charge in [-0.05, 0) is 32.6 Å². The molecular formula is C13H24N2O4. The van der Waals surface area contributed by atoms with Gasteiger partial charge in [-0.3, -0.25) is 4.79 Å². The van der Waals surface area contributed by atoms with Crippen LogP contribution < -0.4 is 5.73 Å². The Hall–Kier alpha value is -1.14.